The molecular weight excluding hydrogens is 264 g/mol. The number of pyridine rings is 1. The van der Waals surface area contributed by atoms with Crippen molar-refractivity contribution in [3.63, 3.8) is 0 Å². The average Bonchev–Trinajstić information content (AvgIpc) is 2.87. The molecule has 3 aromatic rings. The normalized spacial score (nSPS) is 11.8. The maximum atomic E-state index is 11.3. The van der Waals surface area contributed by atoms with Crippen LogP contribution in [0.3, 0.4) is 0 Å². The summed E-state index contributed by atoms with van der Waals surface area (Å²) >= 11 is 0. The standard InChI is InChI=1S/C12H10N4O2S/c1-19(17,18)16-8-12(14-15-16)10-6-9-4-2-3-5-11(9)13-7-10/h2-8H,1H3. The number of aromatic nitrogens is 4. The first kappa shape index (κ1) is 11.8. The first-order valence-corrected chi connectivity index (χ1v) is 7.37. The summed E-state index contributed by atoms with van der Waals surface area (Å²) in [5.41, 5.74) is 2.08. The van der Waals surface area contributed by atoms with E-state index in [1.165, 1.54) is 6.20 Å². The minimum atomic E-state index is -3.41. The molecule has 0 unspecified atom stereocenters. The largest absolute Gasteiger partial charge is 0.256 e. The molecule has 7 heteroatoms. The van der Waals surface area contributed by atoms with Crippen LogP contribution in [-0.2, 0) is 10.0 Å². The zero-order valence-electron chi connectivity index (χ0n) is 10.1. The van der Waals surface area contributed by atoms with Gasteiger partial charge in [0, 0.05) is 17.1 Å². The molecule has 0 N–H and O–H groups in total. The summed E-state index contributed by atoms with van der Waals surface area (Å²) < 4.78 is 23.5. The molecule has 0 saturated carbocycles. The highest BCUT2D eigenvalue weighted by atomic mass is 32.2. The topological polar surface area (TPSA) is 77.7 Å². The number of benzene rings is 1. The Labute approximate surface area is 109 Å². The Morgan fingerprint density at radius 3 is 2.74 bits per heavy atom. The van der Waals surface area contributed by atoms with Crippen LogP contribution in [0.2, 0.25) is 0 Å². The van der Waals surface area contributed by atoms with Gasteiger partial charge in [0.25, 0.3) is 10.0 Å². The van der Waals surface area contributed by atoms with Crippen molar-refractivity contribution in [3.05, 3.63) is 42.7 Å². The molecule has 0 spiro atoms. The van der Waals surface area contributed by atoms with Crippen molar-refractivity contribution in [2.45, 2.75) is 0 Å². The highest BCUT2D eigenvalue weighted by Gasteiger charge is 2.11. The van der Waals surface area contributed by atoms with Gasteiger partial charge in [0.2, 0.25) is 0 Å². The minimum Gasteiger partial charge on any atom is -0.256 e. The van der Waals surface area contributed by atoms with Gasteiger partial charge in [0.05, 0.1) is 18.0 Å². The molecule has 0 fully saturated rings. The van der Waals surface area contributed by atoms with Crippen molar-refractivity contribution in [3.8, 4) is 11.3 Å². The van der Waals surface area contributed by atoms with Crippen molar-refractivity contribution >= 4 is 20.9 Å². The van der Waals surface area contributed by atoms with E-state index >= 15 is 0 Å². The summed E-state index contributed by atoms with van der Waals surface area (Å²) in [6.45, 7) is 0. The maximum Gasteiger partial charge on any atom is 0.252 e. The van der Waals surface area contributed by atoms with Crippen molar-refractivity contribution < 1.29 is 8.42 Å². The van der Waals surface area contributed by atoms with Crippen molar-refractivity contribution in [1.29, 1.82) is 0 Å². The molecule has 0 saturated heterocycles. The van der Waals surface area contributed by atoms with Crippen LogP contribution in [0.1, 0.15) is 0 Å². The molecule has 19 heavy (non-hydrogen) atoms. The van der Waals surface area contributed by atoms with E-state index in [1.807, 2.05) is 30.3 Å². The van der Waals surface area contributed by atoms with Crippen LogP contribution in [0.15, 0.2) is 42.7 Å². The van der Waals surface area contributed by atoms with E-state index in [4.69, 9.17) is 0 Å². The third-order valence-corrected chi connectivity index (χ3v) is 3.56. The second kappa shape index (κ2) is 4.13. The van der Waals surface area contributed by atoms with Crippen LogP contribution in [0, 0.1) is 0 Å². The molecule has 0 aliphatic heterocycles. The summed E-state index contributed by atoms with van der Waals surface area (Å²) in [5, 5.41) is 8.41. The fourth-order valence-corrected chi connectivity index (χ4v) is 2.21. The van der Waals surface area contributed by atoms with E-state index in [9.17, 15) is 8.42 Å². The van der Waals surface area contributed by atoms with Gasteiger partial charge in [-0.05, 0) is 12.1 Å². The first-order valence-electron chi connectivity index (χ1n) is 5.52. The molecule has 0 bridgehead atoms. The highest BCUT2D eigenvalue weighted by molar-refractivity contribution is 7.89. The lowest BCUT2D eigenvalue weighted by molar-refractivity contribution is 0.583. The maximum absolute atomic E-state index is 11.3. The Bertz CT molecular complexity index is 855. The Morgan fingerprint density at radius 1 is 1.21 bits per heavy atom. The predicted octanol–water partition coefficient (Wildman–Crippen LogP) is 1.30. The molecule has 0 aliphatic rings. The molecular formula is C12H10N4O2S. The van der Waals surface area contributed by atoms with Crippen molar-refractivity contribution in [2.75, 3.05) is 6.26 Å². The van der Waals surface area contributed by atoms with E-state index in [2.05, 4.69) is 15.3 Å². The molecule has 96 valence electrons. The molecule has 2 heterocycles. The second-order valence-electron chi connectivity index (χ2n) is 4.16. The molecule has 0 aliphatic carbocycles. The quantitative estimate of drug-likeness (QED) is 0.704. The van der Waals surface area contributed by atoms with Crippen LogP contribution < -0.4 is 0 Å². The number of nitrogens with zero attached hydrogens (tertiary/aromatic N) is 4. The summed E-state index contributed by atoms with van der Waals surface area (Å²) in [6.07, 6.45) is 4.10. The lowest BCUT2D eigenvalue weighted by atomic mass is 10.1. The monoisotopic (exact) mass is 274 g/mol. The molecule has 1 aromatic carbocycles. The van der Waals surface area contributed by atoms with Gasteiger partial charge >= 0.3 is 0 Å². The summed E-state index contributed by atoms with van der Waals surface area (Å²) in [6, 6.07) is 9.58. The first-order chi connectivity index (χ1) is 9.04. The fraction of sp³-hybridized carbons (Fsp3) is 0.0833. The Balaban J connectivity index is 2.11. The molecule has 3 rings (SSSR count). The van der Waals surface area contributed by atoms with E-state index in [0.717, 1.165) is 26.8 Å². The minimum absolute atomic E-state index is 0.476. The number of hydrogen-bond donors (Lipinski definition) is 0. The van der Waals surface area contributed by atoms with E-state index in [1.54, 1.807) is 6.20 Å². The van der Waals surface area contributed by atoms with Gasteiger partial charge in [0.1, 0.15) is 5.69 Å². The Morgan fingerprint density at radius 2 is 2.00 bits per heavy atom. The average molecular weight is 274 g/mol. The van der Waals surface area contributed by atoms with Gasteiger partial charge in [-0.15, -0.1) is 9.19 Å². The van der Waals surface area contributed by atoms with E-state index < -0.39 is 10.0 Å². The Hall–Kier alpha value is -2.28. The zero-order valence-corrected chi connectivity index (χ0v) is 10.9. The molecule has 2 aromatic heterocycles. The lowest BCUT2D eigenvalue weighted by Gasteiger charge is -1.99. The van der Waals surface area contributed by atoms with Gasteiger partial charge in [-0.3, -0.25) is 4.98 Å². The third kappa shape index (κ3) is 2.19. The second-order valence-corrected chi connectivity index (χ2v) is 6.00. The van der Waals surface area contributed by atoms with Gasteiger partial charge in [-0.2, -0.15) is 0 Å². The fourth-order valence-electron chi connectivity index (χ4n) is 1.75. The SMILES string of the molecule is CS(=O)(=O)n1cc(-c2cnc3ccccc3c2)nn1. The number of rotatable bonds is 2. The number of fused-ring (bicyclic) bond motifs is 1. The van der Waals surface area contributed by atoms with Crippen LogP contribution in [0.5, 0.6) is 0 Å². The summed E-state index contributed by atoms with van der Waals surface area (Å²) in [7, 11) is -3.41. The van der Waals surface area contributed by atoms with Gasteiger partial charge in [-0.25, -0.2) is 8.42 Å². The smallest absolute Gasteiger partial charge is 0.252 e. The summed E-state index contributed by atoms with van der Waals surface area (Å²) in [4.78, 5) is 4.30. The van der Waals surface area contributed by atoms with Crippen LogP contribution >= 0.6 is 0 Å². The third-order valence-electron chi connectivity index (χ3n) is 2.70. The van der Waals surface area contributed by atoms with Gasteiger partial charge in [0.15, 0.2) is 0 Å². The van der Waals surface area contributed by atoms with E-state index in [-0.39, 0.29) is 0 Å². The molecule has 0 radical (unpaired) electrons. The lowest BCUT2D eigenvalue weighted by Crippen LogP contribution is -2.10. The number of para-hydroxylation sites is 1. The highest BCUT2D eigenvalue weighted by Crippen LogP contribution is 2.20. The van der Waals surface area contributed by atoms with Crippen LogP contribution in [-0.4, -0.2) is 34.1 Å². The Kier molecular flexibility index (Phi) is 2.56. The van der Waals surface area contributed by atoms with Crippen molar-refractivity contribution in [2.24, 2.45) is 0 Å². The molecule has 6 nitrogen and oxygen atoms in total. The van der Waals surface area contributed by atoms with Gasteiger partial charge < -0.3 is 0 Å². The van der Waals surface area contributed by atoms with E-state index in [0.29, 0.717) is 5.69 Å². The summed E-state index contributed by atoms with van der Waals surface area (Å²) in [5.74, 6) is 0. The molecule has 0 amide bonds. The number of hydrogen-bond acceptors (Lipinski definition) is 5. The van der Waals surface area contributed by atoms with Crippen LogP contribution in [0.25, 0.3) is 22.2 Å². The van der Waals surface area contributed by atoms with Crippen molar-refractivity contribution in [1.82, 2.24) is 19.4 Å². The van der Waals surface area contributed by atoms with Crippen LogP contribution in [0.4, 0.5) is 0 Å². The predicted molar refractivity (Wildman–Crippen MR) is 71.0 cm³/mol. The van der Waals surface area contributed by atoms with Gasteiger partial charge in [-0.1, -0.05) is 23.4 Å². The zero-order chi connectivity index (χ0) is 13.5. The molecule has 0 atom stereocenters.